The van der Waals surface area contributed by atoms with Gasteiger partial charge in [0.2, 0.25) is 0 Å². The first kappa shape index (κ1) is 31.7. The molecule has 2 aromatic heterocycles. The Balaban J connectivity index is 1.23. The van der Waals surface area contributed by atoms with E-state index in [0.29, 0.717) is 28.4 Å². The van der Waals surface area contributed by atoms with Crippen molar-refractivity contribution in [2.24, 2.45) is 0 Å². The Kier molecular flexibility index (Phi) is 8.69. The van der Waals surface area contributed by atoms with E-state index in [4.69, 9.17) is 20.3 Å². The molecule has 3 heterocycles. The molecule has 0 aliphatic carbocycles. The number of likely N-dealkylation sites (tertiary alicyclic amines) is 1. The number of ether oxygens (including phenoxy) is 2. The largest absolute Gasteiger partial charge is 0.497 e. The molecular weight excluding hydrogens is 618 g/mol. The van der Waals surface area contributed by atoms with Crippen LogP contribution in [0.3, 0.4) is 0 Å². The lowest BCUT2D eigenvalue weighted by molar-refractivity contribution is -0.137. The number of nitrogens with one attached hydrogen (secondary N) is 1. The molecule has 1 saturated heterocycles. The number of piperidine rings is 1. The van der Waals surface area contributed by atoms with Crippen molar-refractivity contribution < 1.29 is 31.8 Å². The second-order valence-corrected chi connectivity index (χ2v) is 11.2. The van der Waals surface area contributed by atoms with Crippen molar-refractivity contribution in [2.45, 2.75) is 31.6 Å². The van der Waals surface area contributed by atoms with Crippen LogP contribution in [-0.2, 0) is 12.7 Å². The number of rotatable bonds is 8. The van der Waals surface area contributed by atoms with Crippen LogP contribution in [0.5, 0.6) is 11.5 Å². The average molecular weight is 650 g/mol. The molecule has 1 fully saturated rings. The third kappa shape index (κ3) is 6.54. The van der Waals surface area contributed by atoms with E-state index in [0.717, 1.165) is 44.3 Å². The van der Waals surface area contributed by atoms with Gasteiger partial charge in [-0.2, -0.15) is 18.3 Å². The standard InChI is InChI=1S/C33H31F4N7O3/c1-46-23-7-3-19(4-8-23)17-43-13-11-22(12-14-43)44-31-28(30(38)39-18-40-31)29(42-44)20-5-10-26(27(15-20)47-2)41-32(45)24-9-6-21(16-25(24)34)33(35,36)37/h3-10,15-16,18,22H,11-14,17H2,1-2H3,(H,41,45)(H2,38,39,40). The van der Waals surface area contributed by atoms with Gasteiger partial charge in [-0.15, -0.1) is 0 Å². The van der Waals surface area contributed by atoms with Gasteiger partial charge in [-0.25, -0.2) is 19.0 Å². The first-order chi connectivity index (χ1) is 22.5. The van der Waals surface area contributed by atoms with Crippen LogP contribution in [0.4, 0.5) is 29.1 Å². The summed E-state index contributed by atoms with van der Waals surface area (Å²) >= 11 is 0. The smallest absolute Gasteiger partial charge is 0.416 e. The van der Waals surface area contributed by atoms with Crippen LogP contribution in [0.25, 0.3) is 22.3 Å². The van der Waals surface area contributed by atoms with Gasteiger partial charge >= 0.3 is 6.18 Å². The predicted molar refractivity (Wildman–Crippen MR) is 168 cm³/mol. The van der Waals surface area contributed by atoms with E-state index in [1.807, 2.05) is 16.8 Å². The minimum absolute atomic E-state index is 0.0618. The van der Waals surface area contributed by atoms with E-state index >= 15 is 0 Å². The highest BCUT2D eigenvalue weighted by molar-refractivity contribution is 6.06. The van der Waals surface area contributed by atoms with Gasteiger partial charge in [0.25, 0.3) is 5.91 Å². The Morgan fingerprint density at radius 2 is 1.74 bits per heavy atom. The summed E-state index contributed by atoms with van der Waals surface area (Å²) in [4.78, 5) is 23.9. The maximum absolute atomic E-state index is 14.5. The van der Waals surface area contributed by atoms with Crippen molar-refractivity contribution in [1.82, 2.24) is 24.6 Å². The van der Waals surface area contributed by atoms with Crippen molar-refractivity contribution in [2.75, 3.05) is 38.4 Å². The second-order valence-electron chi connectivity index (χ2n) is 11.2. The van der Waals surface area contributed by atoms with Crippen molar-refractivity contribution >= 4 is 28.4 Å². The van der Waals surface area contributed by atoms with Gasteiger partial charge in [-0.3, -0.25) is 9.69 Å². The number of halogens is 4. The molecule has 0 saturated carbocycles. The number of fused-ring (bicyclic) bond motifs is 1. The summed E-state index contributed by atoms with van der Waals surface area (Å²) in [5.74, 6) is -0.948. The highest BCUT2D eigenvalue weighted by Gasteiger charge is 2.32. The van der Waals surface area contributed by atoms with Crippen LogP contribution in [0.1, 0.15) is 40.4 Å². The molecule has 1 aliphatic rings. The zero-order valence-corrected chi connectivity index (χ0v) is 25.5. The molecule has 0 spiro atoms. The number of amides is 1. The molecule has 1 amide bonds. The molecule has 47 heavy (non-hydrogen) atoms. The number of benzene rings is 3. The third-order valence-electron chi connectivity index (χ3n) is 8.25. The monoisotopic (exact) mass is 649 g/mol. The number of nitrogen functional groups attached to an aromatic ring is 1. The van der Waals surface area contributed by atoms with Crippen LogP contribution in [0, 0.1) is 5.82 Å². The van der Waals surface area contributed by atoms with Crippen molar-refractivity contribution in [3.05, 3.63) is 89.5 Å². The van der Waals surface area contributed by atoms with Gasteiger partial charge in [0, 0.05) is 25.2 Å². The quantitative estimate of drug-likeness (QED) is 0.187. The molecule has 6 rings (SSSR count). The molecule has 3 aromatic carbocycles. The maximum Gasteiger partial charge on any atom is 0.416 e. The number of hydrogen-bond donors (Lipinski definition) is 2. The number of nitrogens with zero attached hydrogens (tertiary/aromatic N) is 5. The lowest BCUT2D eigenvalue weighted by Gasteiger charge is -2.32. The predicted octanol–water partition coefficient (Wildman–Crippen LogP) is 6.34. The number of carbonyl (C=O) groups is 1. The summed E-state index contributed by atoms with van der Waals surface area (Å²) in [5.41, 5.74) is 7.68. The van der Waals surface area contributed by atoms with Gasteiger partial charge in [0.05, 0.1) is 42.5 Å². The molecule has 10 nitrogen and oxygen atoms in total. The van der Waals surface area contributed by atoms with E-state index in [1.165, 1.54) is 25.1 Å². The van der Waals surface area contributed by atoms with Gasteiger partial charge in [0.15, 0.2) is 5.65 Å². The first-order valence-electron chi connectivity index (χ1n) is 14.8. The van der Waals surface area contributed by atoms with Crippen LogP contribution < -0.4 is 20.5 Å². The molecule has 0 radical (unpaired) electrons. The number of anilines is 2. The number of carbonyl (C=O) groups excluding carboxylic acids is 1. The summed E-state index contributed by atoms with van der Waals surface area (Å²) in [7, 11) is 3.04. The molecule has 3 N–H and O–H groups in total. The highest BCUT2D eigenvalue weighted by Crippen LogP contribution is 2.38. The van der Waals surface area contributed by atoms with Gasteiger partial charge in [0.1, 0.15) is 35.2 Å². The van der Waals surface area contributed by atoms with Crippen LogP contribution >= 0.6 is 0 Å². The van der Waals surface area contributed by atoms with Gasteiger partial charge < -0.3 is 20.5 Å². The van der Waals surface area contributed by atoms with Crippen molar-refractivity contribution in [3.8, 4) is 22.8 Å². The third-order valence-corrected chi connectivity index (χ3v) is 8.25. The fourth-order valence-electron chi connectivity index (χ4n) is 5.77. The number of aromatic nitrogens is 4. The molecule has 0 atom stereocenters. The highest BCUT2D eigenvalue weighted by atomic mass is 19.4. The lowest BCUT2D eigenvalue weighted by Crippen LogP contribution is -2.34. The summed E-state index contributed by atoms with van der Waals surface area (Å²) in [5, 5.41) is 8.03. The van der Waals surface area contributed by atoms with Crippen molar-refractivity contribution in [1.29, 1.82) is 0 Å². The van der Waals surface area contributed by atoms with Gasteiger partial charge in [-0.1, -0.05) is 18.2 Å². The zero-order chi connectivity index (χ0) is 33.3. The van der Waals surface area contributed by atoms with Gasteiger partial charge in [-0.05, 0) is 60.9 Å². The van der Waals surface area contributed by atoms with Crippen LogP contribution in [0.15, 0.2) is 67.0 Å². The molecule has 14 heteroatoms. The van der Waals surface area contributed by atoms with Crippen LogP contribution in [0.2, 0.25) is 0 Å². The Hall–Kier alpha value is -5.24. The molecule has 1 aliphatic heterocycles. The Labute approximate surface area is 267 Å². The van der Waals surface area contributed by atoms with E-state index < -0.39 is 29.0 Å². The molecule has 244 valence electrons. The van der Waals surface area contributed by atoms with Crippen molar-refractivity contribution in [3.63, 3.8) is 0 Å². The fraction of sp³-hybridized carbons (Fsp3) is 0.273. The van der Waals surface area contributed by atoms with Crippen LogP contribution in [-0.4, -0.2) is 57.9 Å². The number of methoxy groups -OCH3 is 2. The maximum atomic E-state index is 14.5. The lowest BCUT2D eigenvalue weighted by atomic mass is 10.0. The number of alkyl halides is 3. The molecule has 5 aromatic rings. The SMILES string of the molecule is COc1ccc(CN2CCC(n3nc(-c4ccc(NC(=O)c5ccc(C(F)(F)F)cc5F)c(OC)c4)c4c(N)ncnc43)CC2)cc1. The molecule has 0 unspecified atom stereocenters. The Bertz CT molecular complexity index is 1920. The summed E-state index contributed by atoms with van der Waals surface area (Å²) in [6.45, 7) is 2.54. The average Bonchev–Trinajstić information content (AvgIpc) is 3.46. The Morgan fingerprint density at radius 3 is 2.40 bits per heavy atom. The minimum Gasteiger partial charge on any atom is -0.497 e. The summed E-state index contributed by atoms with van der Waals surface area (Å²) in [6, 6.07) is 14.7. The topological polar surface area (TPSA) is 120 Å². The van der Waals surface area contributed by atoms with E-state index in [1.54, 1.807) is 19.2 Å². The van der Waals surface area contributed by atoms with E-state index in [2.05, 4.69) is 32.3 Å². The second kappa shape index (κ2) is 12.9. The minimum atomic E-state index is -4.74. The number of hydrogen-bond acceptors (Lipinski definition) is 8. The molecule has 0 bridgehead atoms. The number of nitrogens with two attached hydrogens (primary N) is 1. The van der Waals surface area contributed by atoms with E-state index in [-0.39, 0.29) is 29.4 Å². The molecular formula is C33H31F4N7O3. The first-order valence-corrected chi connectivity index (χ1v) is 14.8. The normalized spacial score (nSPS) is 14.3. The Morgan fingerprint density at radius 1 is 1.00 bits per heavy atom. The zero-order valence-electron chi connectivity index (χ0n) is 25.5. The fourth-order valence-corrected chi connectivity index (χ4v) is 5.77. The van der Waals surface area contributed by atoms with E-state index in [9.17, 15) is 22.4 Å². The summed E-state index contributed by atoms with van der Waals surface area (Å²) < 4.78 is 66.0. The summed E-state index contributed by atoms with van der Waals surface area (Å²) in [6.07, 6.45) is -1.66.